The van der Waals surface area contributed by atoms with E-state index in [1.54, 1.807) is 19.9 Å². The van der Waals surface area contributed by atoms with E-state index in [2.05, 4.69) is 20.5 Å². The van der Waals surface area contributed by atoms with E-state index in [-0.39, 0.29) is 111 Å². The second-order valence-corrected chi connectivity index (χ2v) is 12.8. The van der Waals surface area contributed by atoms with Crippen LogP contribution in [0.1, 0.15) is 11.1 Å². The Bertz CT molecular complexity index is 2110. The summed E-state index contributed by atoms with van der Waals surface area (Å²) < 4.78 is 101. The minimum atomic E-state index is -5.03. The van der Waals surface area contributed by atoms with Crippen LogP contribution in [-0.4, -0.2) is 38.9 Å². The Hall–Kier alpha value is -1.13. The number of fused-ring (bicyclic) bond motifs is 1. The maximum atomic E-state index is 13.0. The Morgan fingerprint density at radius 3 is 1.59 bits per heavy atom. The van der Waals surface area contributed by atoms with Crippen LogP contribution in [0.25, 0.3) is 10.8 Å². The van der Waals surface area contributed by atoms with Crippen LogP contribution in [0, 0.1) is 13.8 Å². The van der Waals surface area contributed by atoms with Crippen molar-refractivity contribution in [2.24, 2.45) is 20.5 Å². The largest absolute Gasteiger partial charge is 1.00 e. The number of hydrogen-bond acceptors (Lipinski definition) is 13. The first-order chi connectivity index (χ1) is 18.9. The molecule has 4 aromatic rings. The molecule has 0 aliphatic carbocycles. The molecule has 14 nitrogen and oxygen atoms in total. The van der Waals surface area contributed by atoms with Crippen LogP contribution in [0.2, 0.25) is 0 Å². The Labute approximate surface area is 319 Å². The van der Waals surface area contributed by atoms with Crippen molar-refractivity contribution in [2.75, 3.05) is 0 Å². The number of nitrogens with zero attached hydrogens (tertiary/aromatic N) is 4. The average molecular weight is 687 g/mol. The van der Waals surface area contributed by atoms with E-state index in [0.29, 0.717) is 16.8 Å². The van der Waals surface area contributed by atoms with Crippen LogP contribution >= 0.6 is 0 Å². The monoisotopic (exact) mass is 686 g/mol. The predicted molar refractivity (Wildman–Crippen MR) is 140 cm³/mol. The topological polar surface area (TPSA) is 241 Å². The molecular weight excluding hydrogens is 669 g/mol. The molecule has 0 spiro atoms. The standard InChI is InChI=1S/C24H20N4O10S3.3Na/c1-13-10-21(14(2)9-20(13)26-25-16-3-5-17(6-4-16)39(30,31)32)27-28-23-22(41(36,37)38)12-15-11-18(40(33,34)35)7-8-19(15)24(23)29;;;/h3-12,29H,1-2H3,(H,30,31,32)(H,33,34,35)(H,36,37,38);;;/q;3*+1/p-3. The zero-order valence-corrected chi connectivity index (χ0v) is 32.4. The molecule has 0 fully saturated rings. The molecule has 0 aliphatic heterocycles. The fourth-order valence-corrected chi connectivity index (χ4v) is 5.29. The minimum absolute atomic E-state index is 0. The smallest absolute Gasteiger partial charge is 0.871 e. The summed E-state index contributed by atoms with van der Waals surface area (Å²) in [7, 11) is -14.5. The van der Waals surface area contributed by atoms with Gasteiger partial charge in [-0.15, -0.1) is 5.11 Å². The molecule has 0 amide bonds. The first kappa shape index (κ1) is 40.9. The van der Waals surface area contributed by atoms with Crippen molar-refractivity contribution in [2.45, 2.75) is 28.5 Å². The van der Waals surface area contributed by atoms with Gasteiger partial charge in [0.05, 0.1) is 32.5 Å². The third-order valence-corrected chi connectivity index (χ3v) is 8.29. The first-order valence-electron chi connectivity index (χ1n) is 11.2. The molecule has 214 valence electrons. The van der Waals surface area contributed by atoms with E-state index in [0.717, 1.165) is 36.4 Å². The van der Waals surface area contributed by atoms with Gasteiger partial charge in [0, 0.05) is 0 Å². The van der Waals surface area contributed by atoms with Gasteiger partial charge in [0.1, 0.15) is 25.1 Å². The van der Waals surface area contributed by atoms with E-state index in [4.69, 9.17) is 0 Å². The quantitative estimate of drug-likeness (QED) is 0.111. The van der Waals surface area contributed by atoms with Crippen molar-refractivity contribution in [3.63, 3.8) is 0 Å². The van der Waals surface area contributed by atoms with E-state index >= 15 is 0 Å². The molecule has 0 atom stereocenters. The number of hydrogen-bond donors (Lipinski definition) is 1. The molecule has 0 radical (unpaired) electrons. The molecular formula is C24H17N4Na3O10S3. The van der Waals surface area contributed by atoms with Crippen LogP contribution < -0.4 is 93.8 Å². The molecule has 0 saturated heterocycles. The van der Waals surface area contributed by atoms with Gasteiger partial charge in [-0.05, 0) is 90.3 Å². The van der Waals surface area contributed by atoms with Crippen LogP contribution in [0.3, 0.4) is 0 Å². The fraction of sp³-hybridized carbons (Fsp3) is 0.0833. The Morgan fingerprint density at radius 1 is 0.636 bits per heavy atom. The summed E-state index contributed by atoms with van der Waals surface area (Å²) in [5.41, 5.74) is 1.15. The zero-order chi connectivity index (χ0) is 30.3. The second-order valence-electron chi connectivity index (χ2n) is 8.64. The molecule has 44 heavy (non-hydrogen) atoms. The average Bonchev–Trinajstić information content (AvgIpc) is 2.87. The predicted octanol–water partition coefficient (Wildman–Crippen LogP) is -4.57. The Balaban J connectivity index is 0.00000323. The van der Waals surface area contributed by atoms with Crippen molar-refractivity contribution in [1.29, 1.82) is 0 Å². The summed E-state index contributed by atoms with van der Waals surface area (Å²) in [6.45, 7) is 3.27. The Kier molecular flexibility index (Phi) is 14.5. The fourth-order valence-electron chi connectivity index (χ4n) is 3.66. The number of benzene rings is 4. The number of rotatable bonds is 7. The summed E-state index contributed by atoms with van der Waals surface area (Å²) in [5.74, 6) is -0.982. The summed E-state index contributed by atoms with van der Waals surface area (Å²) in [4.78, 5) is -2.05. The van der Waals surface area contributed by atoms with Gasteiger partial charge in [-0.2, -0.15) is 23.8 Å². The number of aryl methyl sites for hydroxylation is 2. The van der Waals surface area contributed by atoms with E-state index in [9.17, 15) is 44.0 Å². The van der Waals surface area contributed by atoms with Gasteiger partial charge < -0.3 is 14.2 Å². The van der Waals surface area contributed by atoms with Gasteiger partial charge in [0.2, 0.25) is 0 Å². The van der Waals surface area contributed by atoms with Gasteiger partial charge in [-0.3, -0.25) is 4.55 Å². The SMILES string of the molecule is Cc1cc(N=Nc2c(S(=O)(=O)O)cc3cc(S(=O)(=O)[O-])ccc3c2[O-])c(C)cc1N=Nc1ccc(S(=O)(=O)[O-])cc1.[Na+].[Na+].[Na+]. The van der Waals surface area contributed by atoms with Crippen LogP contribution in [-0.2, 0) is 30.4 Å². The molecule has 20 heteroatoms. The van der Waals surface area contributed by atoms with Gasteiger partial charge in [-0.25, -0.2) is 16.8 Å². The molecule has 4 aromatic carbocycles. The van der Waals surface area contributed by atoms with E-state index in [1.165, 1.54) is 18.2 Å². The first-order valence-corrected chi connectivity index (χ1v) is 15.4. The number of azo groups is 2. The van der Waals surface area contributed by atoms with Crippen molar-refractivity contribution >= 4 is 63.9 Å². The van der Waals surface area contributed by atoms with Crippen molar-refractivity contribution in [3.05, 3.63) is 71.8 Å². The van der Waals surface area contributed by atoms with Crippen LogP contribution in [0.15, 0.2) is 95.8 Å². The summed E-state index contributed by atoms with van der Waals surface area (Å²) in [6, 6.07) is 11.4. The molecule has 0 aromatic heterocycles. The maximum absolute atomic E-state index is 13.0. The molecule has 0 saturated carbocycles. The molecule has 0 heterocycles. The normalized spacial score (nSPS) is 12.1. The molecule has 4 rings (SSSR count). The van der Waals surface area contributed by atoms with E-state index in [1.807, 2.05) is 0 Å². The summed E-state index contributed by atoms with van der Waals surface area (Å²) in [6.07, 6.45) is 0. The van der Waals surface area contributed by atoms with Gasteiger partial charge in [0.15, 0.2) is 0 Å². The third kappa shape index (κ3) is 9.69. The van der Waals surface area contributed by atoms with Crippen molar-refractivity contribution in [3.8, 4) is 5.75 Å². The van der Waals surface area contributed by atoms with Crippen molar-refractivity contribution in [1.82, 2.24) is 0 Å². The minimum Gasteiger partial charge on any atom is -0.871 e. The van der Waals surface area contributed by atoms with Gasteiger partial charge in [0.25, 0.3) is 10.1 Å². The maximum Gasteiger partial charge on any atom is 1.00 e. The molecule has 1 N–H and O–H groups in total. The zero-order valence-electron chi connectivity index (χ0n) is 23.9. The van der Waals surface area contributed by atoms with Gasteiger partial charge >= 0.3 is 88.7 Å². The van der Waals surface area contributed by atoms with Gasteiger partial charge in [-0.1, -0.05) is 11.8 Å². The summed E-state index contributed by atoms with van der Waals surface area (Å²) in [5, 5.41) is 28.5. The molecule has 0 bridgehead atoms. The molecule has 0 unspecified atom stereocenters. The van der Waals surface area contributed by atoms with Crippen molar-refractivity contribution < 1.29 is 133 Å². The van der Waals surface area contributed by atoms with Crippen LogP contribution in [0.4, 0.5) is 22.7 Å². The van der Waals surface area contributed by atoms with Crippen LogP contribution in [0.5, 0.6) is 5.75 Å². The second kappa shape index (κ2) is 15.6. The molecule has 0 aliphatic rings. The summed E-state index contributed by atoms with van der Waals surface area (Å²) >= 11 is 0. The Morgan fingerprint density at radius 2 is 1.11 bits per heavy atom. The van der Waals surface area contributed by atoms with E-state index < -0.39 is 56.5 Å². The third-order valence-electron chi connectivity index (χ3n) is 5.74.